The van der Waals surface area contributed by atoms with Crippen LogP contribution in [0, 0.1) is 0 Å². The van der Waals surface area contributed by atoms with Gasteiger partial charge in [-0.25, -0.2) is 9.97 Å². The maximum atomic E-state index is 12.2. The first-order valence-electron chi connectivity index (χ1n) is 22.4. The van der Waals surface area contributed by atoms with E-state index in [1.165, 1.54) is 33.0 Å². The molecular formula is C52H69Cl3N14O8. The number of rotatable bonds is 23. The number of allylic oxidation sites excluding steroid dienone is 1. The lowest BCUT2D eigenvalue weighted by atomic mass is 10.2. The Bertz CT molecular complexity index is 2880. The number of likely N-dealkylation sites (N-methyl/N-ethyl adjacent to an activating group) is 4. The van der Waals surface area contributed by atoms with E-state index in [4.69, 9.17) is 69.0 Å². The van der Waals surface area contributed by atoms with E-state index < -0.39 is 5.24 Å². The average Bonchev–Trinajstić information content (AvgIpc) is 3.39. The fourth-order valence-electron chi connectivity index (χ4n) is 6.20. The number of nitrogen functional groups attached to an aromatic ring is 1. The largest absolute Gasteiger partial charge is 0.495 e. The second-order valence-corrected chi connectivity index (χ2v) is 17.2. The molecule has 0 aliphatic carbocycles. The monoisotopic (exact) mass is 1120 g/mol. The van der Waals surface area contributed by atoms with Crippen molar-refractivity contribution in [2.75, 3.05) is 128 Å². The summed E-state index contributed by atoms with van der Waals surface area (Å²) in [6.45, 7) is 9.88. The van der Waals surface area contributed by atoms with Crippen LogP contribution in [-0.4, -0.2) is 148 Å². The fraction of sp³-hybridized carbons (Fsp3) is 0.308. The third kappa shape index (κ3) is 20.6. The summed E-state index contributed by atoms with van der Waals surface area (Å²) in [7, 11) is 18.2. The Hall–Kier alpha value is -7.89. The molecule has 25 heteroatoms. The van der Waals surface area contributed by atoms with Crippen LogP contribution < -0.4 is 59.9 Å². The Morgan fingerprint density at radius 2 is 1.00 bits per heavy atom. The molecule has 0 unspecified atom stereocenters. The Labute approximate surface area is 466 Å². The summed E-state index contributed by atoms with van der Waals surface area (Å²) < 4.78 is 33.1. The minimum atomic E-state index is -0.509. The number of benzene rings is 4. The predicted molar refractivity (Wildman–Crippen MR) is 310 cm³/mol. The van der Waals surface area contributed by atoms with Crippen molar-refractivity contribution in [1.29, 1.82) is 0 Å². The van der Waals surface area contributed by atoms with Crippen molar-refractivity contribution in [3.05, 3.63) is 109 Å². The molecule has 0 fully saturated rings. The summed E-state index contributed by atoms with van der Waals surface area (Å²) in [4.78, 5) is 55.0. The maximum Gasteiger partial charge on any atom is 0.326 e. The molecule has 6 rings (SSSR count). The number of aromatic nitrogens is 6. The number of amides is 1. The molecule has 0 aliphatic rings. The van der Waals surface area contributed by atoms with Crippen molar-refractivity contribution in [3.8, 4) is 46.5 Å². The van der Waals surface area contributed by atoms with Crippen LogP contribution in [0.4, 0.5) is 46.0 Å². The van der Waals surface area contributed by atoms with Crippen LogP contribution >= 0.6 is 34.8 Å². The SMILES string of the molecule is C.C.C=CC(=O)Cl.C=CC(=O)Nc1cc(Nc2ncnc(Oc3ccc(Cl)c(OC)c3)n2)c(OC)cc1N(C)CCN(C)C.COc1cc(Oc2ncnc(Nc3cc(N)c(N(C)CCN(C)C)cc3OC)n2)ccc1Cl. The first kappa shape index (κ1) is 65.2. The average molecular weight is 1120 g/mol. The highest BCUT2D eigenvalue weighted by Gasteiger charge is 2.18. The normalized spacial score (nSPS) is 10.1. The second-order valence-electron chi connectivity index (χ2n) is 16.1. The molecule has 6 aromatic rings. The lowest BCUT2D eigenvalue weighted by molar-refractivity contribution is -0.112. The van der Waals surface area contributed by atoms with Gasteiger partial charge in [0.1, 0.15) is 47.2 Å². The van der Waals surface area contributed by atoms with Gasteiger partial charge in [0.15, 0.2) is 0 Å². The first-order valence-corrected chi connectivity index (χ1v) is 23.6. The van der Waals surface area contributed by atoms with E-state index in [0.29, 0.717) is 67.3 Å². The van der Waals surface area contributed by atoms with Gasteiger partial charge in [0.05, 0.1) is 72.6 Å². The number of nitrogens with zero attached hydrogens (tertiary/aromatic N) is 10. The highest BCUT2D eigenvalue weighted by Crippen LogP contribution is 2.39. The molecule has 0 atom stereocenters. The summed E-state index contributed by atoms with van der Waals surface area (Å²) in [6, 6.07) is 17.4. The topological polar surface area (TPSA) is 242 Å². The molecule has 5 N–H and O–H groups in total. The summed E-state index contributed by atoms with van der Waals surface area (Å²) in [5, 5.41) is 9.51. The molecule has 4 aromatic carbocycles. The van der Waals surface area contributed by atoms with Gasteiger partial charge in [-0.05, 0) is 88.3 Å². The van der Waals surface area contributed by atoms with Gasteiger partial charge in [0.25, 0.3) is 0 Å². The van der Waals surface area contributed by atoms with E-state index >= 15 is 0 Å². The molecule has 0 radical (unpaired) electrons. The van der Waals surface area contributed by atoms with Crippen molar-refractivity contribution < 1.29 is 38.0 Å². The van der Waals surface area contributed by atoms with E-state index in [1.54, 1.807) is 62.8 Å². The van der Waals surface area contributed by atoms with E-state index in [0.717, 1.165) is 43.6 Å². The Balaban J connectivity index is 0.000000475. The number of ether oxygens (including phenoxy) is 6. The molecule has 416 valence electrons. The number of anilines is 8. The number of nitrogens with two attached hydrogens (primary N) is 1. The van der Waals surface area contributed by atoms with Crippen molar-refractivity contribution in [2.45, 2.75) is 14.9 Å². The van der Waals surface area contributed by atoms with Gasteiger partial charge in [-0.15, -0.1) is 0 Å². The lowest BCUT2D eigenvalue weighted by Crippen LogP contribution is -2.29. The van der Waals surface area contributed by atoms with E-state index in [9.17, 15) is 9.59 Å². The van der Waals surface area contributed by atoms with Crippen LogP contribution in [0.25, 0.3) is 0 Å². The predicted octanol–water partition coefficient (Wildman–Crippen LogP) is 10.1. The summed E-state index contributed by atoms with van der Waals surface area (Å²) >= 11 is 16.8. The summed E-state index contributed by atoms with van der Waals surface area (Å²) in [5.41, 5.74) is 10.3. The Kier molecular flexibility index (Phi) is 27.6. The van der Waals surface area contributed by atoms with Gasteiger partial charge in [0.2, 0.25) is 23.0 Å². The van der Waals surface area contributed by atoms with Crippen molar-refractivity contribution >= 4 is 92.0 Å². The lowest BCUT2D eigenvalue weighted by Gasteiger charge is -2.25. The first-order chi connectivity index (χ1) is 35.8. The highest BCUT2D eigenvalue weighted by molar-refractivity contribution is 6.66. The van der Waals surface area contributed by atoms with Crippen LogP contribution in [0.15, 0.2) is 98.6 Å². The van der Waals surface area contributed by atoms with Gasteiger partial charge < -0.3 is 69.7 Å². The van der Waals surface area contributed by atoms with Gasteiger partial charge in [-0.2, -0.15) is 19.9 Å². The van der Waals surface area contributed by atoms with Gasteiger partial charge in [0, 0.05) is 64.5 Å². The van der Waals surface area contributed by atoms with Gasteiger partial charge in [-0.3, -0.25) is 9.59 Å². The molecule has 0 aliphatic heterocycles. The van der Waals surface area contributed by atoms with Crippen LogP contribution in [0.5, 0.6) is 46.5 Å². The third-order valence-corrected chi connectivity index (χ3v) is 10.9. The minimum Gasteiger partial charge on any atom is -0.495 e. The quantitative estimate of drug-likeness (QED) is 0.0265. The van der Waals surface area contributed by atoms with E-state index in [-0.39, 0.29) is 44.7 Å². The zero-order valence-corrected chi connectivity index (χ0v) is 45.5. The molecule has 0 saturated heterocycles. The van der Waals surface area contributed by atoms with Gasteiger partial charge >= 0.3 is 12.0 Å². The van der Waals surface area contributed by atoms with Crippen molar-refractivity contribution in [1.82, 2.24) is 39.7 Å². The van der Waals surface area contributed by atoms with Crippen LogP contribution in [0.1, 0.15) is 14.9 Å². The van der Waals surface area contributed by atoms with Crippen LogP contribution in [-0.2, 0) is 9.59 Å². The zero-order chi connectivity index (χ0) is 55.2. The molecular weight excluding hydrogens is 1060 g/mol. The molecule has 1 amide bonds. The molecule has 2 heterocycles. The smallest absolute Gasteiger partial charge is 0.326 e. The molecule has 0 bridgehead atoms. The number of halogens is 3. The molecule has 77 heavy (non-hydrogen) atoms. The molecule has 0 spiro atoms. The molecule has 2 aromatic heterocycles. The molecule has 0 saturated carbocycles. The Morgan fingerprint density at radius 1 is 0.584 bits per heavy atom. The summed E-state index contributed by atoms with van der Waals surface area (Å²) in [6.07, 6.45) is 4.91. The standard InChI is InChI=1S/C25H30ClN7O4.C22H28ClN7O3.C3H3ClO.2CH4/c1-7-23(34)29-18-13-19(22(36-6)14-20(18)33(4)11-10-32(2)3)30-24-27-15-28-25(31-24)37-16-8-9-17(26)21(12-16)35-5;1-29(2)8-9-30(3)18-12-20(32-5)17(11-16(18)24)27-21-25-13-26-22(28-21)33-14-6-7-15(23)19(10-14)31-4;1-2-3(4)5;;/h7-9,12-15H,1,10-11H2,2-6H3,(H,29,34)(H,27,28,30,31);6-7,10-13H,8-9,24H2,1-5H3,(H,25,26,27,28);2H,1H2;2*1H4. The van der Waals surface area contributed by atoms with E-state index in [1.807, 2.05) is 59.3 Å². The number of hydrogen-bond donors (Lipinski definition) is 4. The number of carbonyl (C=O) groups excluding carboxylic acids is 2. The Morgan fingerprint density at radius 3 is 1.40 bits per heavy atom. The number of carbonyl (C=O) groups is 2. The van der Waals surface area contributed by atoms with Crippen LogP contribution in [0.3, 0.4) is 0 Å². The third-order valence-electron chi connectivity index (χ3n) is 10.1. The number of hydrogen-bond acceptors (Lipinski definition) is 21. The fourth-order valence-corrected chi connectivity index (χ4v) is 6.59. The van der Waals surface area contributed by atoms with Crippen molar-refractivity contribution in [2.24, 2.45) is 0 Å². The minimum absolute atomic E-state index is 0. The number of methoxy groups -OCH3 is 4. The van der Waals surface area contributed by atoms with E-state index in [2.05, 4.69) is 73.7 Å². The van der Waals surface area contributed by atoms with Gasteiger partial charge in [-0.1, -0.05) is 51.2 Å². The maximum absolute atomic E-state index is 12.2. The number of nitrogens with one attached hydrogen (secondary N) is 3. The zero-order valence-electron chi connectivity index (χ0n) is 43.3. The van der Waals surface area contributed by atoms with Crippen molar-refractivity contribution in [3.63, 3.8) is 0 Å². The highest BCUT2D eigenvalue weighted by atomic mass is 35.5. The summed E-state index contributed by atoms with van der Waals surface area (Å²) in [5.74, 6) is 3.11. The molecule has 22 nitrogen and oxygen atoms in total. The second kappa shape index (κ2) is 32.5. The van der Waals surface area contributed by atoms with Crippen LogP contribution in [0.2, 0.25) is 10.0 Å².